The molecule has 0 aliphatic carbocycles. The van der Waals surface area contributed by atoms with E-state index in [2.05, 4.69) is 15.3 Å². The quantitative estimate of drug-likeness (QED) is 0.756. The van der Waals surface area contributed by atoms with Gasteiger partial charge in [-0.25, -0.2) is 14.4 Å². The summed E-state index contributed by atoms with van der Waals surface area (Å²) in [4.78, 5) is 20.2. The standard InChI is InChI=1S/C15H19FN4O4/c1-3-10(22)19-13-8-4-5-20(14(8)18-7(2)17-13)15-11(16)12(23)9(6-21)24-15/h4-5,9,11-12,15,21,23H,3,6H2,1-2H3,(H,17,18,19,22)/t9-,11-,12?,15-/m1/s1. The lowest BCUT2D eigenvalue weighted by Crippen LogP contribution is -2.30. The highest BCUT2D eigenvalue weighted by Gasteiger charge is 2.45. The Kier molecular flexibility index (Phi) is 4.48. The summed E-state index contributed by atoms with van der Waals surface area (Å²) in [5.74, 6) is 0.552. The molecule has 1 aliphatic heterocycles. The zero-order valence-corrected chi connectivity index (χ0v) is 13.3. The van der Waals surface area contributed by atoms with Gasteiger partial charge in [0.05, 0.1) is 12.0 Å². The number of hydrogen-bond donors (Lipinski definition) is 3. The Labute approximate surface area is 137 Å². The fraction of sp³-hybridized carbons (Fsp3) is 0.533. The molecule has 1 amide bonds. The SMILES string of the molecule is CCC(=O)Nc1nc(C)nc2c1ccn2[C@@H]1O[C@H](CO)C(O)[C@H]1F. The maximum Gasteiger partial charge on any atom is 0.225 e. The fourth-order valence-corrected chi connectivity index (χ4v) is 2.74. The average Bonchev–Trinajstić information content (AvgIpc) is 3.09. The topological polar surface area (TPSA) is 110 Å². The Morgan fingerprint density at radius 1 is 1.50 bits per heavy atom. The van der Waals surface area contributed by atoms with Crippen molar-refractivity contribution in [2.24, 2.45) is 0 Å². The summed E-state index contributed by atoms with van der Waals surface area (Å²) >= 11 is 0. The van der Waals surface area contributed by atoms with Gasteiger partial charge in [0.2, 0.25) is 5.91 Å². The van der Waals surface area contributed by atoms with Crippen molar-refractivity contribution in [1.82, 2.24) is 14.5 Å². The number of anilines is 1. The summed E-state index contributed by atoms with van der Waals surface area (Å²) in [5, 5.41) is 22.2. The molecule has 0 spiro atoms. The number of aromatic nitrogens is 3. The minimum Gasteiger partial charge on any atom is -0.394 e. The molecule has 0 radical (unpaired) electrons. The predicted molar refractivity (Wildman–Crippen MR) is 83.1 cm³/mol. The van der Waals surface area contributed by atoms with E-state index in [-0.39, 0.29) is 5.91 Å². The van der Waals surface area contributed by atoms with Crippen LogP contribution < -0.4 is 5.32 Å². The van der Waals surface area contributed by atoms with Gasteiger partial charge in [0.25, 0.3) is 0 Å². The zero-order chi connectivity index (χ0) is 17.4. The highest BCUT2D eigenvalue weighted by atomic mass is 19.1. The van der Waals surface area contributed by atoms with Gasteiger partial charge in [0, 0.05) is 12.6 Å². The molecule has 9 heteroatoms. The lowest BCUT2D eigenvalue weighted by Gasteiger charge is -2.16. The Morgan fingerprint density at radius 3 is 2.88 bits per heavy atom. The van der Waals surface area contributed by atoms with Crippen LogP contribution in [-0.2, 0) is 9.53 Å². The number of alkyl halides is 1. The van der Waals surface area contributed by atoms with Crippen LogP contribution in [0.4, 0.5) is 10.2 Å². The van der Waals surface area contributed by atoms with Gasteiger partial charge in [-0.15, -0.1) is 0 Å². The molecule has 1 fully saturated rings. The number of aliphatic hydroxyl groups is 2. The van der Waals surface area contributed by atoms with Crippen molar-refractivity contribution in [2.45, 2.75) is 44.9 Å². The zero-order valence-electron chi connectivity index (χ0n) is 13.3. The summed E-state index contributed by atoms with van der Waals surface area (Å²) < 4.78 is 21.2. The second-order valence-corrected chi connectivity index (χ2v) is 5.66. The third-order valence-corrected chi connectivity index (χ3v) is 4.01. The number of halogens is 1. The van der Waals surface area contributed by atoms with Crippen molar-refractivity contribution in [3.63, 3.8) is 0 Å². The van der Waals surface area contributed by atoms with Crippen molar-refractivity contribution < 1.29 is 24.1 Å². The third kappa shape index (κ3) is 2.74. The molecule has 130 valence electrons. The van der Waals surface area contributed by atoms with E-state index in [0.29, 0.717) is 29.1 Å². The first-order chi connectivity index (χ1) is 11.5. The maximum absolute atomic E-state index is 14.4. The van der Waals surface area contributed by atoms with Gasteiger partial charge in [0.1, 0.15) is 29.5 Å². The third-order valence-electron chi connectivity index (χ3n) is 4.01. The number of carbonyl (C=O) groups is 1. The highest BCUT2D eigenvalue weighted by Crippen LogP contribution is 2.35. The molecule has 0 aromatic carbocycles. The number of fused-ring (bicyclic) bond motifs is 1. The van der Waals surface area contributed by atoms with Crippen LogP contribution in [0.5, 0.6) is 0 Å². The Hall–Kier alpha value is -2.10. The molecule has 1 aliphatic rings. The largest absolute Gasteiger partial charge is 0.394 e. The molecular weight excluding hydrogens is 319 g/mol. The first kappa shape index (κ1) is 16.7. The van der Waals surface area contributed by atoms with E-state index in [9.17, 15) is 14.3 Å². The monoisotopic (exact) mass is 338 g/mol. The summed E-state index contributed by atoms with van der Waals surface area (Å²) in [6.07, 6.45) is -3.37. The molecule has 24 heavy (non-hydrogen) atoms. The van der Waals surface area contributed by atoms with Gasteiger partial charge in [-0.1, -0.05) is 6.92 Å². The van der Waals surface area contributed by atoms with E-state index in [1.54, 1.807) is 26.1 Å². The Bertz CT molecular complexity index is 765. The number of nitrogens with one attached hydrogen (secondary N) is 1. The molecule has 3 N–H and O–H groups in total. The van der Waals surface area contributed by atoms with Crippen molar-refractivity contribution in [2.75, 3.05) is 11.9 Å². The first-order valence-electron chi connectivity index (χ1n) is 7.69. The molecule has 1 unspecified atom stereocenters. The number of carbonyl (C=O) groups excluding carboxylic acids is 1. The molecule has 8 nitrogen and oxygen atoms in total. The molecule has 3 rings (SSSR count). The summed E-state index contributed by atoms with van der Waals surface area (Å²) in [6, 6.07) is 1.65. The van der Waals surface area contributed by atoms with Crippen molar-refractivity contribution >= 4 is 22.8 Å². The predicted octanol–water partition coefficient (Wildman–Crippen LogP) is 0.677. The van der Waals surface area contributed by atoms with Gasteiger partial charge >= 0.3 is 0 Å². The number of rotatable bonds is 4. The number of ether oxygens (including phenoxy) is 1. The van der Waals surface area contributed by atoms with Crippen LogP contribution in [0.25, 0.3) is 11.0 Å². The van der Waals surface area contributed by atoms with Crippen molar-refractivity contribution in [3.05, 3.63) is 18.1 Å². The van der Waals surface area contributed by atoms with Crippen LogP contribution in [0.15, 0.2) is 12.3 Å². The van der Waals surface area contributed by atoms with E-state index in [1.165, 1.54) is 4.57 Å². The van der Waals surface area contributed by atoms with Gasteiger partial charge in [0.15, 0.2) is 12.4 Å². The molecule has 2 aromatic rings. The normalized spacial score (nSPS) is 26.9. The van der Waals surface area contributed by atoms with E-state index < -0.39 is 31.2 Å². The van der Waals surface area contributed by atoms with Crippen LogP contribution >= 0.6 is 0 Å². The average molecular weight is 338 g/mol. The van der Waals surface area contributed by atoms with Gasteiger partial charge in [-0.2, -0.15) is 0 Å². The Morgan fingerprint density at radius 2 is 2.25 bits per heavy atom. The summed E-state index contributed by atoms with van der Waals surface area (Å²) in [5.41, 5.74) is 0.382. The smallest absolute Gasteiger partial charge is 0.225 e. The molecule has 3 heterocycles. The highest BCUT2D eigenvalue weighted by molar-refractivity contribution is 5.98. The minimum absolute atomic E-state index is 0.196. The number of nitrogens with zero attached hydrogens (tertiary/aromatic N) is 3. The molecule has 1 saturated heterocycles. The van der Waals surface area contributed by atoms with Crippen LogP contribution in [-0.4, -0.2) is 55.6 Å². The van der Waals surface area contributed by atoms with Crippen LogP contribution in [0.3, 0.4) is 0 Å². The molecular formula is C15H19FN4O4. The number of hydrogen-bond acceptors (Lipinski definition) is 6. The second-order valence-electron chi connectivity index (χ2n) is 5.66. The number of aryl methyl sites for hydroxylation is 1. The van der Waals surface area contributed by atoms with E-state index in [1.807, 2.05) is 0 Å². The maximum atomic E-state index is 14.4. The lowest BCUT2D eigenvalue weighted by molar-refractivity contribution is -0.115. The van der Waals surface area contributed by atoms with Gasteiger partial charge in [-0.05, 0) is 13.0 Å². The molecule has 4 atom stereocenters. The van der Waals surface area contributed by atoms with Gasteiger partial charge in [-0.3, -0.25) is 4.79 Å². The first-order valence-corrected chi connectivity index (χ1v) is 7.69. The second kappa shape index (κ2) is 6.42. The fourth-order valence-electron chi connectivity index (χ4n) is 2.74. The lowest BCUT2D eigenvalue weighted by atomic mass is 10.1. The van der Waals surface area contributed by atoms with Crippen molar-refractivity contribution in [1.29, 1.82) is 0 Å². The van der Waals surface area contributed by atoms with Crippen LogP contribution in [0.2, 0.25) is 0 Å². The van der Waals surface area contributed by atoms with E-state index in [4.69, 9.17) is 9.84 Å². The van der Waals surface area contributed by atoms with Gasteiger partial charge < -0.3 is 24.8 Å². The van der Waals surface area contributed by atoms with Crippen LogP contribution in [0.1, 0.15) is 25.4 Å². The van der Waals surface area contributed by atoms with Crippen LogP contribution in [0, 0.1) is 6.92 Å². The van der Waals surface area contributed by atoms with E-state index in [0.717, 1.165) is 0 Å². The molecule has 0 saturated carbocycles. The number of amides is 1. The minimum atomic E-state index is -1.71. The Balaban J connectivity index is 2.03. The summed E-state index contributed by atoms with van der Waals surface area (Å²) in [7, 11) is 0. The van der Waals surface area contributed by atoms with Crippen molar-refractivity contribution in [3.8, 4) is 0 Å². The summed E-state index contributed by atoms with van der Waals surface area (Å²) in [6.45, 7) is 2.90. The number of aliphatic hydroxyl groups excluding tert-OH is 2. The molecule has 2 aromatic heterocycles. The molecule has 0 bridgehead atoms. The van der Waals surface area contributed by atoms with E-state index >= 15 is 0 Å².